The van der Waals surface area contributed by atoms with Gasteiger partial charge in [-0.3, -0.25) is 0 Å². The molecular weight excluding hydrogens is 212 g/mol. The molecule has 0 amide bonds. The van der Waals surface area contributed by atoms with Crippen molar-refractivity contribution in [3.63, 3.8) is 0 Å². The molecule has 0 aliphatic heterocycles. The standard InChI is InChI=1S/C12H10ClS/c1-9-10(4-2-6-12(9)13)8-11-5-3-7-14-11/h2-8H,1H3. The van der Waals surface area contributed by atoms with Crippen LogP contribution < -0.4 is 0 Å². The van der Waals surface area contributed by atoms with E-state index in [1.165, 1.54) is 10.4 Å². The molecule has 0 saturated heterocycles. The molecule has 0 fully saturated rings. The molecule has 0 bridgehead atoms. The third-order valence-electron chi connectivity index (χ3n) is 2.15. The highest BCUT2D eigenvalue weighted by molar-refractivity contribution is 7.10. The van der Waals surface area contributed by atoms with Gasteiger partial charge in [0.05, 0.1) is 0 Å². The van der Waals surface area contributed by atoms with E-state index in [1.807, 2.05) is 19.1 Å². The van der Waals surface area contributed by atoms with E-state index in [-0.39, 0.29) is 0 Å². The molecule has 2 aromatic rings. The highest BCUT2D eigenvalue weighted by Crippen LogP contribution is 2.24. The molecule has 0 unspecified atom stereocenters. The Hall–Kier alpha value is -0.790. The van der Waals surface area contributed by atoms with Gasteiger partial charge in [-0.15, -0.1) is 11.3 Å². The number of thiophene rings is 1. The fourth-order valence-corrected chi connectivity index (χ4v) is 2.16. The third kappa shape index (κ3) is 1.99. The quantitative estimate of drug-likeness (QED) is 0.709. The molecule has 14 heavy (non-hydrogen) atoms. The van der Waals surface area contributed by atoms with Crippen molar-refractivity contribution < 1.29 is 0 Å². The maximum absolute atomic E-state index is 6.04. The third-order valence-corrected chi connectivity index (χ3v) is 3.38. The Kier molecular flexibility index (Phi) is 2.90. The molecule has 2 rings (SSSR count). The zero-order valence-corrected chi connectivity index (χ0v) is 9.40. The minimum absolute atomic E-state index is 0.829. The summed E-state index contributed by atoms with van der Waals surface area (Å²) in [6.45, 7) is 2.04. The zero-order chi connectivity index (χ0) is 9.97. The van der Waals surface area contributed by atoms with Gasteiger partial charge in [-0.25, -0.2) is 0 Å². The largest absolute Gasteiger partial charge is 0.148 e. The molecule has 1 aromatic carbocycles. The van der Waals surface area contributed by atoms with Crippen LogP contribution in [0, 0.1) is 13.3 Å². The van der Waals surface area contributed by atoms with Gasteiger partial charge in [0, 0.05) is 16.3 Å². The zero-order valence-electron chi connectivity index (χ0n) is 7.83. The van der Waals surface area contributed by atoms with Gasteiger partial charge in [0.15, 0.2) is 0 Å². The van der Waals surface area contributed by atoms with Gasteiger partial charge in [0.25, 0.3) is 0 Å². The van der Waals surface area contributed by atoms with Crippen molar-refractivity contribution >= 4 is 22.9 Å². The molecule has 71 valence electrons. The lowest BCUT2D eigenvalue weighted by atomic mass is 10.1. The number of halogens is 1. The summed E-state index contributed by atoms with van der Waals surface area (Å²) in [6, 6.07) is 10.1. The summed E-state index contributed by atoms with van der Waals surface area (Å²) >= 11 is 7.77. The van der Waals surface area contributed by atoms with Crippen molar-refractivity contribution in [2.45, 2.75) is 6.92 Å². The van der Waals surface area contributed by atoms with Crippen LogP contribution in [-0.2, 0) is 0 Å². The lowest BCUT2D eigenvalue weighted by Crippen LogP contribution is -1.87. The van der Waals surface area contributed by atoms with Crippen molar-refractivity contribution in [2.75, 3.05) is 0 Å². The van der Waals surface area contributed by atoms with Gasteiger partial charge in [0.1, 0.15) is 0 Å². The van der Waals surface area contributed by atoms with Crippen molar-refractivity contribution in [1.82, 2.24) is 0 Å². The first-order valence-corrected chi connectivity index (χ1v) is 5.66. The van der Waals surface area contributed by atoms with E-state index in [0.29, 0.717) is 0 Å². The fourth-order valence-electron chi connectivity index (χ4n) is 1.31. The Balaban J connectivity index is 2.29. The van der Waals surface area contributed by atoms with Crippen LogP contribution in [0.5, 0.6) is 0 Å². The van der Waals surface area contributed by atoms with E-state index in [9.17, 15) is 0 Å². The van der Waals surface area contributed by atoms with Gasteiger partial charge in [-0.1, -0.05) is 29.8 Å². The highest BCUT2D eigenvalue weighted by atomic mass is 35.5. The van der Waals surface area contributed by atoms with Gasteiger partial charge in [0.2, 0.25) is 0 Å². The Morgan fingerprint density at radius 2 is 2.07 bits per heavy atom. The van der Waals surface area contributed by atoms with Crippen molar-refractivity contribution in [3.05, 3.63) is 63.2 Å². The minimum atomic E-state index is 0.829. The summed E-state index contributed by atoms with van der Waals surface area (Å²) in [5.74, 6) is 0. The Labute approximate surface area is 93.2 Å². The van der Waals surface area contributed by atoms with E-state index < -0.39 is 0 Å². The van der Waals surface area contributed by atoms with Gasteiger partial charge in [-0.05, 0) is 35.6 Å². The van der Waals surface area contributed by atoms with E-state index in [0.717, 1.165) is 10.6 Å². The molecule has 0 aliphatic carbocycles. The maximum atomic E-state index is 6.04. The van der Waals surface area contributed by atoms with E-state index in [1.54, 1.807) is 11.3 Å². The Morgan fingerprint density at radius 1 is 1.21 bits per heavy atom. The summed E-state index contributed by atoms with van der Waals surface area (Å²) in [5, 5.41) is 2.90. The minimum Gasteiger partial charge on any atom is -0.148 e. The van der Waals surface area contributed by atoms with Crippen molar-refractivity contribution in [3.8, 4) is 0 Å². The first-order chi connectivity index (χ1) is 6.77. The maximum Gasteiger partial charge on any atom is 0.0438 e. The molecule has 0 aliphatic rings. The monoisotopic (exact) mass is 221 g/mol. The van der Waals surface area contributed by atoms with Crippen LogP contribution >= 0.6 is 22.9 Å². The second-order valence-corrected chi connectivity index (χ2v) is 4.50. The second-order valence-electron chi connectivity index (χ2n) is 3.11. The smallest absolute Gasteiger partial charge is 0.0438 e. The fraction of sp³-hybridized carbons (Fsp3) is 0.0833. The van der Waals surface area contributed by atoms with E-state index in [4.69, 9.17) is 11.6 Å². The highest BCUT2D eigenvalue weighted by Gasteiger charge is 2.03. The number of rotatable bonds is 2. The van der Waals surface area contributed by atoms with Crippen LogP contribution in [0.4, 0.5) is 0 Å². The summed E-state index contributed by atoms with van der Waals surface area (Å²) in [6.07, 6.45) is 2.16. The molecule has 0 spiro atoms. The number of benzene rings is 1. The number of hydrogen-bond donors (Lipinski definition) is 0. The molecule has 0 saturated carbocycles. The molecule has 2 heteroatoms. The molecule has 0 N–H and O–H groups in total. The second kappa shape index (κ2) is 4.16. The summed E-state index contributed by atoms with van der Waals surface area (Å²) in [5.41, 5.74) is 2.34. The summed E-state index contributed by atoms with van der Waals surface area (Å²) in [7, 11) is 0. The topological polar surface area (TPSA) is 0 Å². The predicted octanol–water partition coefficient (Wildman–Crippen LogP) is 4.31. The lowest BCUT2D eigenvalue weighted by molar-refractivity contribution is 1.37. The predicted molar refractivity (Wildman–Crippen MR) is 63.0 cm³/mol. The average Bonchev–Trinajstić information content (AvgIpc) is 2.66. The average molecular weight is 222 g/mol. The van der Waals surface area contributed by atoms with Crippen LogP contribution in [-0.4, -0.2) is 0 Å². The molecule has 0 atom stereocenters. The van der Waals surface area contributed by atoms with E-state index >= 15 is 0 Å². The summed E-state index contributed by atoms with van der Waals surface area (Å²) in [4.78, 5) is 1.26. The van der Waals surface area contributed by atoms with Crippen molar-refractivity contribution in [1.29, 1.82) is 0 Å². The molecular formula is C12H10ClS. The molecule has 1 radical (unpaired) electrons. The molecule has 0 nitrogen and oxygen atoms in total. The first-order valence-electron chi connectivity index (χ1n) is 4.41. The van der Waals surface area contributed by atoms with Crippen molar-refractivity contribution in [2.24, 2.45) is 0 Å². The Morgan fingerprint density at radius 3 is 2.79 bits per heavy atom. The van der Waals surface area contributed by atoms with Crippen LogP contribution in [0.25, 0.3) is 0 Å². The van der Waals surface area contributed by atoms with Crippen LogP contribution in [0.15, 0.2) is 35.7 Å². The Bertz CT molecular complexity index is 418. The van der Waals surface area contributed by atoms with Crippen LogP contribution in [0.2, 0.25) is 5.02 Å². The van der Waals surface area contributed by atoms with Crippen LogP contribution in [0.3, 0.4) is 0 Å². The van der Waals surface area contributed by atoms with E-state index in [2.05, 4.69) is 30.0 Å². The lowest BCUT2D eigenvalue weighted by Gasteiger charge is -2.04. The summed E-state index contributed by atoms with van der Waals surface area (Å²) < 4.78 is 0. The SMILES string of the molecule is Cc1c(Cl)cccc1[CH]c1cccs1. The number of hydrogen-bond acceptors (Lipinski definition) is 1. The first kappa shape index (κ1) is 9.75. The normalized spacial score (nSPS) is 10.4. The van der Waals surface area contributed by atoms with Gasteiger partial charge >= 0.3 is 0 Å². The molecule has 1 heterocycles. The van der Waals surface area contributed by atoms with Crippen LogP contribution in [0.1, 0.15) is 16.0 Å². The van der Waals surface area contributed by atoms with Gasteiger partial charge in [-0.2, -0.15) is 0 Å². The molecule has 1 aromatic heterocycles. The van der Waals surface area contributed by atoms with Gasteiger partial charge < -0.3 is 0 Å².